The van der Waals surface area contributed by atoms with Gasteiger partial charge in [-0.05, 0) is 30.2 Å². The Morgan fingerprint density at radius 1 is 1.28 bits per heavy atom. The van der Waals surface area contributed by atoms with Crippen molar-refractivity contribution in [3.63, 3.8) is 0 Å². The van der Waals surface area contributed by atoms with Gasteiger partial charge in [0.05, 0.1) is 6.42 Å². The fourth-order valence-electron chi connectivity index (χ4n) is 1.74. The van der Waals surface area contributed by atoms with Gasteiger partial charge in [0.1, 0.15) is 0 Å². The first-order chi connectivity index (χ1) is 8.56. The first kappa shape index (κ1) is 12.6. The van der Waals surface area contributed by atoms with E-state index in [-0.39, 0.29) is 23.8 Å². The topological polar surface area (TPSA) is 60.8 Å². The fourth-order valence-corrected chi connectivity index (χ4v) is 1.92. The smallest absolute Gasteiger partial charge is 0.231 e. The number of aromatic hydroxyl groups is 2. The van der Waals surface area contributed by atoms with Crippen LogP contribution in [0.4, 0.5) is 0 Å². The molecule has 1 aromatic rings. The molecule has 1 amide bonds. The first-order valence-electron chi connectivity index (χ1n) is 5.57. The zero-order valence-electron chi connectivity index (χ0n) is 9.67. The van der Waals surface area contributed by atoms with E-state index in [1.807, 2.05) is 0 Å². The number of hydrogen-bond donors (Lipinski definition) is 2. The molecule has 0 bridgehead atoms. The minimum absolute atomic E-state index is 0.00880. The van der Waals surface area contributed by atoms with Crippen LogP contribution in [-0.4, -0.2) is 32.4 Å². The average Bonchev–Trinajstić information content (AvgIpc) is 2.32. The van der Waals surface area contributed by atoms with Crippen molar-refractivity contribution in [2.45, 2.75) is 12.8 Å². The van der Waals surface area contributed by atoms with Crippen LogP contribution in [0.25, 0.3) is 0 Å². The Hall–Kier alpha value is -1.88. The lowest BCUT2D eigenvalue weighted by molar-refractivity contribution is -0.127. The van der Waals surface area contributed by atoms with Crippen molar-refractivity contribution in [3.8, 4) is 11.5 Å². The molecular formula is C13H13NO3S. The molecule has 2 rings (SSSR count). The molecule has 0 spiro atoms. The van der Waals surface area contributed by atoms with Crippen molar-refractivity contribution >= 4 is 23.0 Å². The number of allylic oxidation sites excluding steroid dienone is 1. The summed E-state index contributed by atoms with van der Waals surface area (Å²) in [7, 11) is 0. The number of amides is 1. The molecule has 0 saturated heterocycles. The molecule has 18 heavy (non-hydrogen) atoms. The molecule has 0 fully saturated rings. The Morgan fingerprint density at radius 2 is 2.06 bits per heavy atom. The zero-order valence-corrected chi connectivity index (χ0v) is 10.5. The molecule has 1 aliphatic heterocycles. The maximum atomic E-state index is 11.6. The minimum Gasteiger partial charge on any atom is -0.504 e. The number of carbonyl (C=O) groups excluding carboxylic acids is 1. The highest BCUT2D eigenvalue weighted by molar-refractivity contribution is 7.80. The van der Waals surface area contributed by atoms with Crippen LogP contribution in [0.5, 0.6) is 11.5 Å². The normalized spacial score (nSPS) is 15.2. The van der Waals surface area contributed by atoms with Crippen LogP contribution in [0.3, 0.4) is 0 Å². The van der Waals surface area contributed by atoms with Gasteiger partial charge in [0, 0.05) is 17.6 Å². The highest BCUT2D eigenvalue weighted by Gasteiger charge is 2.16. The summed E-state index contributed by atoms with van der Waals surface area (Å²) >= 11 is 4.95. The SMILES string of the molecule is O=C1CC(=S)C=CN1CCc1ccc(O)c(O)c1. The molecular weight excluding hydrogens is 250 g/mol. The van der Waals surface area contributed by atoms with Crippen LogP contribution in [0.1, 0.15) is 12.0 Å². The van der Waals surface area contributed by atoms with Gasteiger partial charge in [0.2, 0.25) is 5.91 Å². The number of phenolic OH excluding ortho intramolecular Hbond substituents is 2. The van der Waals surface area contributed by atoms with E-state index in [1.54, 1.807) is 23.2 Å². The van der Waals surface area contributed by atoms with Crippen molar-refractivity contribution in [1.82, 2.24) is 4.90 Å². The van der Waals surface area contributed by atoms with Gasteiger partial charge in [-0.15, -0.1) is 0 Å². The van der Waals surface area contributed by atoms with Gasteiger partial charge >= 0.3 is 0 Å². The molecule has 0 aromatic heterocycles. The summed E-state index contributed by atoms with van der Waals surface area (Å²) in [5, 5.41) is 18.6. The predicted molar refractivity (Wildman–Crippen MR) is 71.5 cm³/mol. The van der Waals surface area contributed by atoms with Crippen LogP contribution < -0.4 is 0 Å². The minimum atomic E-state index is -0.144. The summed E-state index contributed by atoms with van der Waals surface area (Å²) in [4.78, 5) is 13.9. The summed E-state index contributed by atoms with van der Waals surface area (Å²) in [6, 6.07) is 4.66. The molecule has 2 N–H and O–H groups in total. The van der Waals surface area contributed by atoms with Crippen molar-refractivity contribution in [2.24, 2.45) is 0 Å². The van der Waals surface area contributed by atoms with Crippen molar-refractivity contribution < 1.29 is 15.0 Å². The number of rotatable bonds is 3. The van der Waals surface area contributed by atoms with E-state index in [4.69, 9.17) is 12.2 Å². The van der Waals surface area contributed by atoms with E-state index in [0.717, 1.165) is 5.56 Å². The van der Waals surface area contributed by atoms with Crippen LogP contribution in [0.15, 0.2) is 30.5 Å². The molecule has 1 aromatic carbocycles. The van der Waals surface area contributed by atoms with Gasteiger partial charge in [0.25, 0.3) is 0 Å². The third kappa shape index (κ3) is 2.87. The summed E-state index contributed by atoms with van der Waals surface area (Å²) in [5.41, 5.74) is 0.861. The predicted octanol–water partition coefficient (Wildman–Crippen LogP) is 1.76. The molecule has 0 atom stereocenters. The molecule has 94 valence electrons. The Kier molecular flexibility index (Phi) is 3.62. The average molecular weight is 263 g/mol. The second-order valence-corrected chi connectivity index (χ2v) is 4.64. The summed E-state index contributed by atoms with van der Waals surface area (Å²) in [5.74, 6) is -0.294. The van der Waals surface area contributed by atoms with Gasteiger partial charge in [-0.3, -0.25) is 4.79 Å². The Labute approximate surface area is 110 Å². The second kappa shape index (κ2) is 5.18. The van der Waals surface area contributed by atoms with Crippen molar-refractivity contribution in [2.75, 3.05) is 6.54 Å². The van der Waals surface area contributed by atoms with E-state index < -0.39 is 0 Å². The quantitative estimate of drug-likeness (QED) is 0.644. The van der Waals surface area contributed by atoms with E-state index in [1.165, 1.54) is 12.1 Å². The maximum Gasteiger partial charge on any atom is 0.231 e. The van der Waals surface area contributed by atoms with Crippen molar-refractivity contribution in [1.29, 1.82) is 0 Å². The van der Waals surface area contributed by atoms with E-state index in [9.17, 15) is 15.0 Å². The lowest BCUT2D eigenvalue weighted by Crippen LogP contribution is -2.32. The van der Waals surface area contributed by atoms with Crippen LogP contribution in [-0.2, 0) is 11.2 Å². The fraction of sp³-hybridized carbons (Fsp3) is 0.231. The van der Waals surface area contributed by atoms with Crippen LogP contribution in [0, 0.1) is 0 Å². The largest absolute Gasteiger partial charge is 0.504 e. The molecule has 0 saturated carbocycles. The van der Waals surface area contributed by atoms with Gasteiger partial charge in [-0.25, -0.2) is 0 Å². The number of carbonyl (C=O) groups is 1. The molecule has 0 unspecified atom stereocenters. The van der Waals surface area contributed by atoms with Gasteiger partial charge < -0.3 is 15.1 Å². The molecule has 4 nitrogen and oxygen atoms in total. The third-order valence-corrected chi connectivity index (χ3v) is 3.05. The standard InChI is InChI=1S/C13H13NO3S/c15-11-2-1-9(7-12(11)16)3-5-14-6-4-10(18)8-13(14)17/h1-2,4,6-7,15-16H,3,5,8H2. The van der Waals surface area contributed by atoms with E-state index in [2.05, 4.69) is 0 Å². The molecule has 5 heteroatoms. The number of benzene rings is 1. The van der Waals surface area contributed by atoms with E-state index in [0.29, 0.717) is 17.8 Å². The van der Waals surface area contributed by atoms with Gasteiger partial charge in [0.15, 0.2) is 11.5 Å². The maximum absolute atomic E-state index is 11.6. The summed E-state index contributed by atoms with van der Waals surface area (Å²) < 4.78 is 0. The summed E-state index contributed by atoms with van der Waals surface area (Å²) in [6.07, 6.45) is 4.34. The first-order valence-corrected chi connectivity index (χ1v) is 5.98. The molecule has 1 aliphatic rings. The molecule has 1 heterocycles. The van der Waals surface area contributed by atoms with Gasteiger partial charge in [-0.1, -0.05) is 18.3 Å². The van der Waals surface area contributed by atoms with E-state index >= 15 is 0 Å². The Balaban J connectivity index is 1.99. The molecule has 0 radical (unpaired) electrons. The number of thiocarbonyl (C=S) groups is 1. The van der Waals surface area contributed by atoms with Crippen molar-refractivity contribution in [3.05, 3.63) is 36.0 Å². The lowest BCUT2D eigenvalue weighted by Gasteiger charge is -2.21. The molecule has 0 aliphatic carbocycles. The lowest BCUT2D eigenvalue weighted by atomic mass is 10.1. The number of nitrogens with zero attached hydrogens (tertiary/aromatic N) is 1. The van der Waals surface area contributed by atoms with Crippen LogP contribution >= 0.6 is 12.2 Å². The number of hydrogen-bond acceptors (Lipinski definition) is 4. The van der Waals surface area contributed by atoms with Gasteiger partial charge in [-0.2, -0.15) is 0 Å². The zero-order chi connectivity index (χ0) is 13.1. The monoisotopic (exact) mass is 263 g/mol. The third-order valence-electron chi connectivity index (χ3n) is 2.77. The Morgan fingerprint density at radius 3 is 2.72 bits per heavy atom. The summed E-state index contributed by atoms with van der Waals surface area (Å²) in [6.45, 7) is 0.530. The number of phenols is 2. The highest BCUT2D eigenvalue weighted by atomic mass is 32.1. The highest BCUT2D eigenvalue weighted by Crippen LogP contribution is 2.25. The second-order valence-electron chi connectivity index (χ2n) is 4.12. The van der Waals surface area contributed by atoms with Crippen LogP contribution in [0.2, 0.25) is 0 Å². The Bertz CT molecular complexity index is 525.